The summed E-state index contributed by atoms with van der Waals surface area (Å²) in [6.07, 6.45) is 0. The lowest BCUT2D eigenvalue weighted by Crippen LogP contribution is -2.05. The van der Waals surface area contributed by atoms with Crippen molar-refractivity contribution in [1.82, 2.24) is 0 Å². The Balaban J connectivity index is 2.60. The van der Waals surface area contributed by atoms with Gasteiger partial charge in [-0.2, -0.15) is 0 Å². The Labute approximate surface area is 71.2 Å². The fourth-order valence-corrected chi connectivity index (χ4v) is 1.47. The van der Waals surface area contributed by atoms with E-state index in [0.717, 1.165) is 16.9 Å². The molecular weight excluding hydrogens is 152 g/mol. The van der Waals surface area contributed by atoms with Crippen molar-refractivity contribution in [3.63, 3.8) is 0 Å². The van der Waals surface area contributed by atoms with Crippen LogP contribution in [0.5, 0.6) is 5.75 Å². The van der Waals surface area contributed by atoms with Crippen molar-refractivity contribution in [3.05, 3.63) is 29.3 Å². The third-order valence-corrected chi connectivity index (χ3v) is 2.27. The molecule has 0 saturated carbocycles. The Hall–Kier alpha value is -1.31. The molecule has 1 aliphatic heterocycles. The van der Waals surface area contributed by atoms with Crippen molar-refractivity contribution in [1.29, 1.82) is 0 Å². The number of esters is 1. The van der Waals surface area contributed by atoms with E-state index >= 15 is 0 Å². The van der Waals surface area contributed by atoms with Crippen molar-refractivity contribution in [3.8, 4) is 5.75 Å². The molecule has 12 heavy (non-hydrogen) atoms. The third-order valence-electron chi connectivity index (χ3n) is 2.27. The summed E-state index contributed by atoms with van der Waals surface area (Å²) in [5.74, 6) is 0.522. The molecule has 1 aromatic rings. The molecule has 1 aromatic carbocycles. The van der Waals surface area contributed by atoms with E-state index in [0.29, 0.717) is 0 Å². The molecule has 1 heterocycles. The highest BCUT2D eigenvalue weighted by atomic mass is 16.5. The number of aryl methyl sites for hydroxylation is 1. The predicted molar refractivity (Wildman–Crippen MR) is 45.2 cm³/mol. The Bertz CT molecular complexity index is 342. The Morgan fingerprint density at radius 3 is 2.83 bits per heavy atom. The van der Waals surface area contributed by atoms with Crippen LogP contribution in [0.4, 0.5) is 0 Å². The van der Waals surface area contributed by atoms with Gasteiger partial charge in [-0.05, 0) is 19.4 Å². The summed E-state index contributed by atoms with van der Waals surface area (Å²) in [6.45, 7) is 3.82. The van der Waals surface area contributed by atoms with E-state index < -0.39 is 0 Å². The molecule has 0 radical (unpaired) electrons. The Morgan fingerprint density at radius 2 is 2.17 bits per heavy atom. The summed E-state index contributed by atoms with van der Waals surface area (Å²) in [5.41, 5.74) is 2.05. The second kappa shape index (κ2) is 2.34. The van der Waals surface area contributed by atoms with Crippen LogP contribution in [0.2, 0.25) is 0 Å². The Morgan fingerprint density at radius 1 is 1.42 bits per heavy atom. The summed E-state index contributed by atoms with van der Waals surface area (Å²) in [7, 11) is 0. The van der Waals surface area contributed by atoms with Crippen molar-refractivity contribution in [2.75, 3.05) is 0 Å². The molecule has 2 nitrogen and oxygen atoms in total. The fraction of sp³-hybridized carbons (Fsp3) is 0.300. The van der Waals surface area contributed by atoms with E-state index in [4.69, 9.17) is 4.74 Å². The van der Waals surface area contributed by atoms with Crippen LogP contribution in [0.3, 0.4) is 0 Å². The maximum Gasteiger partial charge on any atom is 0.318 e. The highest BCUT2D eigenvalue weighted by Crippen LogP contribution is 2.36. The van der Waals surface area contributed by atoms with E-state index in [1.54, 1.807) is 0 Å². The van der Waals surface area contributed by atoms with Gasteiger partial charge in [0.25, 0.3) is 0 Å². The monoisotopic (exact) mass is 162 g/mol. The minimum atomic E-state index is -0.140. The summed E-state index contributed by atoms with van der Waals surface area (Å²) in [4.78, 5) is 11.2. The summed E-state index contributed by atoms with van der Waals surface area (Å²) < 4.78 is 5.11. The zero-order valence-electron chi connectivity index (χ0n) is 7.13. The van der Waals surface area contributed by atoms with Gasteiger partial charge in [0.05, 0.1) is 5.92 Å². The van der Waals surface area contributed by atoms with E-state index in [1.165, 1.54) is 0 Å². The number of ether oxygens (including phenoxy) is 1. The molecule has 1 atom stereocenters. The van der Waals surface area contributed by atoms with Gasteiger partial charge >= 0.3 is 5.97 Å². The molecule has 0 spiro atoms. The van der Waals surface area contributed by atoms with Crippen LogP contribution in [0.1, 0.15) is 24.0 Å². The fourth-order valence-electron chi connectivity index (χ4n) is 1.47. The van der Waals surface area contributed by atoms with Crippen molar-refractivity contribution >= 4 is 5.97 Å². The average molecular weight is 162 g/mol. The molecule has 62 valence electrons. The van der Waals surface area contributed by atoms with Crippen LogP contribution in [0.15, 0.2) is 18.2 Å². The highest BCUT2D eigenvalue weighted by Gasteiger charge is 2.29. The number of carbonyl (C=O) groups is 1. The van der Waals surface area contributed by atoms with Crippen LogP contribution in [-0.4, -0.2) is 5.97 Å². The molecule has 1 aliphatic rings. The number of fused-ring (bicyclic) bond motifs is 1. The normalized spacial score (nSPS) is 20.5. The standard InChI is InChI=1S/C10H10O2/c1-6-4-3-5-8-7(2)10(11)12-9(6)8/h3-5,7H,1-2H3/t7-/m1/s1. The molecule has 0 bridgehead atoms. The van der Waals surface area contributed by atoms with Gasteiger partial charge in [0.2, 0.25) is 0 Å². The van der Waals surface area contributed by atoms with Crippen LogP contribution in [0, 0.1) is 6.92 Å². The summed E-state index contributed by atoms with van der Waals surface area (Å²) >= 11 is 0. The van der Waals surface area contributed by atoms with Gasteiger partial charge in [-0.25, -0.2) is 0 Å². The molecule has 0 unspecified atom stereocenters. The number of carbonyl (C=O) groups excluding carboxylic acids is 1. The molecule has 0 N–H and O–H groups in total. The van der Waals surface area contributed by atoms with Crippen LogP contribution < -0.4 is 4.74 Å². The van der Waals surface area contributed by atoms with Crippen LogP contribution >= 0.6 is 0 Å². The van der Waals surface area contributed by atoms with Gasteiger partial charge in [0, 0.05) is 5.56 Å². The molecule has 0 fully saturated rings. The molecule has 0 saturated heterocycles. The zero-order valence-corrected chi connectivity index (χ0v) is 7.13. The lowest BCUT2D eigenvalue weighted by atomic mass is 10.0. The van der Waals surface area contributed by atoms with Crippen LogP contribution in [0.25, 0.3) is 0 Å². The molecule has 0 amide bonds. The zero-order chi connectivity index (χ0) is 8.72. The third kappa shape index (κ3) is 0.843. The summed E-state index contributed by atoms with van der Waals surface area (Å²) in [6, 6.07) is 5.84. The average Bonchev–Trinajstić information content (AvgIpc) is 2.32. The molecule has 0 aromatic heterocycles. The number of para-hydroxylation sites is 1. The van der Waals surface area contributed by atoms with Crippen molar-refractivity contribution in [2.45, 2.75) is 19.8 Å². The second-order valence-electron chi connectivity index (χ2n) is 3.14. The molecular formula is C10H10O2. The number of rotatable bonds is 0. The first-order chi connectivity index (χ1) is 5.70. The molecule has 0 aliphatic carbocycles. The largest absolute Gasteiger partial charge is 0.425 e. The van der Waals surface area contributed by atoms with Crippen molar-refractivity contribution < 1.29 is 9.53 Å². The van der Waals surface area contributed by atoms with E-state index in [-0.39, 0.29) is 11.9 Å². The molecule has 2 rings (SSSR count). The first kappa shape index (κ1) is 7.35. The van der Waals surface area contributed by atoms with Gasteiger partial charge in [0.15, 0.2) is 0 Å². The van der Waals surface area contributed by atoms with Gasteiger partial charge < -0.3 is 4.74 Å². The number of hydrogen-bond donors (Lipinski definition) is 0. The van der Waals surface area contributed by atoms with Crippen molar-refractivity contribution in [2.24, 2.45) is 0 Å². The lowest BCUT2D eigenvalue weighted by molar-refractivity contribution is -0.133. The maximum absolute atomic E-state index is 11.2. The van der Waals surface area contributed by atoms with E-state index in [2.05, 4.69) is 0 Å². The topological polar surface area (TPSA) is 26.3 Å². The lowest BCUT2D eigenvalue weighted by Gasteiger charge is -2.00. The van der Waals surface area contributed by atoms with Gasteiger partial charge in [-0.15, -0.1) is 0 Å². The van der Waals surface area contributed by atoms with E-state index in [1.807, 2.05) is 32.0 Å². The Kier molecular flexibility index (Phi) is 1.43. The van der Waals surface area contributed by atoms with Gasteiger partial charge in [-0.3, -0.25) is 4.79 Å². The van der Waals surface area contributed by atoms with Gasteiger partial charge in [-0.1, -0.05) is 18.2 Å². The quantitative estimate of drug-likeness (QED) is 0.431. The summed E-state index contributed by atoms with van der Waals surface area (Å²) in [5, 5.41) is 0. The highest BCUT2D eigenvalue weighted by molar-refractivity contribution is 5.86. The number of benzene rings is 1. The van der Waals surface area contributed by atoms with Crippen LogP contribution in [-0.2, 0) is 4.79 Å². The minimum absolute atomic E-state index is 0.0973. The predicted octanol–water partition coefficient (Wildman–Crippen LogP) is 2.02. The minimum Gasteiger partial charge on any atom is -0.425 e. The SMILES string of the molecule is Cc1cccc2c1OC(=O)[C@@H]2C. The first-order valence-corrected chi connectivity index (χ1v) is 4.01. The van der Waals surface area contributed by atoms with Gasteiger partial charge in [0.1, 0.15) is 5.75 Å². The molecule has 2 heteroatoms. The smallest absolute Gasteiger partial charge is 0.318 e. The maximum atomic E-state index is 11.2. The second-order valence-corrected chi connectivity index (χ2v) is 3.14. The number of hydrogen-bond acceptors (Lipinski definition) is 2. The van der Waals surface area contributed by atoms with E-state index in [9.17, 15) is 4.79 Å². The first-order valence-electron chi connectivity index (χ1n) is 4.01.